The fourth-order valence-electron chi connectivity index (χ4n) is 12.3. The minimum atomic E-state index is -0.523. The Bertz CT molecular complexity index is 3760. The van der Waals surface area contributed by atoms with Crippen molar-refractivity contribution in [3.63, 3.8) is 0 Å². The molecule has 0 saturated carbocycles. The lowest BCUT2D eigenvalue weighted by Crippen LogP contribution is -2.27. The van der Waals surface area contributed by atoms with Gasteiger partial charge < -0.3 is 94.7 Å². The Balaban J connectivity index is 0.000000301. The predicted molar refractivity (Wildman–Crippen MR) is 405 cm³/mol. The zero-order valence-electron chi connectivity index (χ0n) is 64.4. The second-order valence-electron chi connectivity index (χ2n) is 24.9. The average molecular weight is 1490 g/mol. The maximum absolute atomic E-state index is 13.6. The summed E-state index contributed by atoms with van der Waals surface area (Å²) in [6.07, 6.45) is 4.45. The van der Waals surface area contributed by atoms with Gasteiger partial charge in [0.1, 0.15) is 92.0 Å². The number of methoxy groups -OCH3 is 16. The molecule has 8 aromatic carbocycles. The van der Waals surface area contributed by atoms with E-state index in [9.17, 15) is 19.2 Å². The number of hydrogen-bond acceptors (Lipinski definition) is 24. The standard InChI is InChI=1S/2C42H50O12/c2*1-45-33-14-27(15-34(22-33)46-2)12-29(10-9-11-53-41(43)30-18-37(49-5)24-38(19-30)50-6)32(13-28-16-35(47-3)23-36(17-28)48-4)26-54-42(44)31-20-39(51-7)25-40(21-31)52-8/h2*14-25,29,32H,9-13,26H2,1-8H3/t2*29-,32+/m10/s1. The van der Waals surface area contributed by atoms with E-state index in [1.54, 1.807) is 142 Å². The van der Waals surface area contributed by atoms with Gasteiger partial charge in [0.25, 0.3) is 0 Å². The minimum Gasteiger partial charge on any atom is -0.497 e. The van der Waals surface area contributed by atoms with Gasteiger partial charge in [-0.3, -0.25) is 0 Å². The van der Waals surface area contributed by atoms with Crippen LogP contribution >= 0.6 is 0 Å². The molecule has 0 aromatic heterocycles. The predicted octanol–water partition coefficient (Wildman–Crippen LogP) is 14.5. The molecule has 0 spiro atoms. The summed E-state index contributed by atoms with van der Waals surface area (Å²) in [5.41, 5.74) is 5.02. The van der Waals surface area contributed by atoms with Crippen molar-refractivity contribution in [3.8, 4) is 92.0 Å². The van der Waals surface area contributed by atoms with E-state index in [1.165, 1.54) is 56.9 Å². The summed E-state index contributed by atoms with van der Waals surface area (Å²) in [5.74, 6) is 6.31. The molecule has 0 unspecified atom stereocenters. The second kappa shape index (κ2) is 43.2. The van der Waals surface area contributed by atoms with Crippen LogP contribution in [0.1, 0.15) is 89.4 Å². The first-order valence-corrected chi connectivity index (χ1v) is 34.8. The number of carbonyl (C=O) groups excluding carboxylic acids is 4. The van der Waals surface area contributed by atoms with Crippen LogP contribution in [0.15, 0.2) is 146 Å². The minimum absolute atomic E-state index is 0.0764. The van der Waals surface area contributed by atoms with E-state index in [1.807, 2.05) is 60.7 Å². The highest BCUT2D eigenvalue weighted by atomic mass is 16.6. The third kappa shape index (κ3) is 25.3. The van der Waals surface area contributed by atoms with Crippen LogP contribution in [0.3, 0.4) is 0 Å². The summed E-state index contributed by atoms with van der Waals surface area (Å²) >= 11 is 0. The summed E-state index contributed by atoms with van der Waals surface area (Å²) in [7, 11) is 25.0. The summed E-state index contributed by atoms with van der Waals surface area (Å²) in [6, 6.07) is 42.5. The molecule has 0 fully saturated rings. The molecule has 0 saturated heterocycles. The Morgan fingerprint density at radius 1 is 0.213 bits per heavy atom. The van der Waals surface area contributed by atoms with Gasteiger partial charge in [0.05, 0.1) is 162 Å². The van der Waals surface area contributed by atoms with Crippen molar-refractivity contribution in [2.75, 3.05) is 140 Å². The highest BCUT2D eigenvalue weighted by molar-refractivity contribution is 5.92. The first kappa shape index (κ1) is 83.7. The van der Waals surface area contributed by atoms with Crippen LogP contribution in [0.5, 0.6) is 92.0 Å². The van der Waals surface area contributed by atoms with Gasteiger partial charge in [0.15, 0.2) is 0 Å². The van der Waals surface area contributed by atoms with Crippen molar-refractivity contribution >= 4 is 23.9 Å². The molecule has 0 heterocycles. The van der Waals surface area contributed by atoms with E-state index < -0.39 is 23.9 Å². The lowest BCUT2D eigenvalue weighted by molar-refractivity contribution is 0.0358. The molecule has 0 bridgehead atoms. The molecule has 108 heavy (non-hydrogen) atoms. The molecule has 0 aliphatic carbocycles. The Hall–Kier alpha value is -11.6. The number of ether oxygens (including phenoxy) is 20. The van der Waals surface area contributed by atoms with E-state index in [-0.39, 0.29) is 50.1 Å². The van der Waals surface area contributed by atoms with Crippen molar-refractivity contribution in [1.29, 1.82) is 0 Å². The second-order valence-corrected chi connectivity index (χ2v) is 24.9. The molecule has 24 nitrogen and oxygen atoms in total. The molecule has 0 N–H and O–H groups in total. The maximum atomic E-state index is 13.6. The molecule has 0 amide bonds. The smallest absolute Gasteiger partial charge is 0.338 e. The monoisotopic (exact) mass is 1490 g/mol. The van der Waals surface area contributed by atoms with E-state index in [4.69, 9.17) is 94.7 Å². The maximum Gasteiger partial charge on any atom is 0.338 e. The number of benzene rings is 8. The quantitative estimate of drug-likeness (QED) is 0.0196. The zero-order chi connectivity index (χ0) is 78.1. The first-order chi connectivity index (χ1) is 52.3. The number of esters is 4. The summed E-state index contributed by atoms with van der Waals surface area (Å²) in [4.78, 5) is 53.3. The third-order valence-electron chi connectivity index (χ3n) is 18.1. The van der Waals surface area contributed by atoms with E-state index in [2.05, 4.69) is 0 Å². The van der Waals surface area contributed by atoms with Crippen molar-refractivity contribution in [2.45, 2.75) is 51.4 Å². The highest BCUT2D eigenvalue weighted by Gasteiger charge is 2.29. The topological polar surface area (TPSA) is 253 Å². The number of rotatable bonds is 42. The van der Waals surface area contributed by atoms with Gasteiger partial charge in [0, 0.05) is 60.4 Å². The molecule has 4 atom stereocenters. The van der Waals surface area contributed by atoms with Crippen molar-refractivity contribution < 1.29 is 114 Å². The van der Waals surface area contributed by atoms with Crippen LogP contribution in [-0.2, 0) is 44.6 Å². The summed E-state index contributed by atoms with van der Waals surface area (Å²) < 4.78 is 111. The molecule has 0 aliphatic heterocycles. The number of carbonyl (C=O) groups is 4. The van der Waals surface area contributed by atoms with Crippen LogP contribution in [0.25, 0.3) is 0 Å². The van der Waals surface area contributed by atoms with E-state index in [0.29, 0.717) is 166 Å². The fourth-order valence-corrected chi connectivity index (χ4v) is 12.3. The Morgan fingerprint density at radius 2 is 0.370 bits per heavy atom. The Labute approximate surface area is 632 Å². The van der Waals surface area contributed by atoms with Crippen molar-refractivity contribution in [2.24, 2.45) is 23.7 Å². The van der Waals surface area contributed by atoms with Gasteiger partial charge >= 0.3 is 23.9 Å². The van der Waals surface area contributed by atoms with Crippen molar-refractivity contribution in [1.82, 2.24) is 0 Å². The molecule has 8 aromatic rings. The SMILES string of the molecule is COc1cc(C[C@@H](CCCOC(=O)c2cc(OC)cc(OC)c2)[C@H](COC(=O)c2cc(OC)cc(OC)c2)Cc2cc(OC)cc(OC)c2)cc(OC)c1.COc1cc(C[C@H](CCCOC(=O)c2cc(OC)cc(OC)c2)[C@@H](COC(=O)c2cc(OC)cc(OC)c2)Cc2cc(OC)cc(OC)c2)cc(OC)c1. The van der Waals surface area contributed by atoms with E-state index in [0.717, 1.165) is 22.3 Å². The lowest BCUT2D eigenvalue weighted by Gasteiger charge is -2.28. The lowest BCUT2D eigenvalue weighted by atomic mass is 9.80. The molecular formula is C84H100O24. The molecule has 8 rings (SSSR count). The van der Waals surface area contributed by atoms with Gasteiger partial charge in [-0.2, -0.15) is 0 Å². The summed E-state index contributed by atoms with van der Waals surface area (Å²) in [6.45, 7) is 0.457. The highest BCUT2D eigenvalue weighted by Crippen LogP contribution is 2.37. The molecule has 24 heteroatoms. The van der Waals surface area contributed by atoms with E-state index >= 15 is 0 Å². The fraction of sp³-hybridized carbons (Fsp3) is 0.381. The van der Waals surface area contributed by atoms with Crippen LogP contribution in [0.2, 0.25) is 0 Å². The molecule has 0 radical (unpaired) electrons. The molecule has 0 aliphatic rings. The van der Waals surface area contributed by atoms with Gasteiger partial charge in [-0.15, -0.1) is 0 Å². The normalized spacial score (nSPS) is 11.8. The number of hydrogen-bond donors (Lipinski definition) is 0. The Kier molecular flexibility index (Phi) is 33.5. The van der Waals surface area contributed by atoms with Crippen LogP contribution in [0.4, 0.5) is 0 Å². The van der Waals surface area contributed by atoms with Crippen LogP contribution in [-0.4, -0.2) is 164 Å². The molecule has 580 valence electrons. The van der Waals surface area contributed by atoms with Crippen LogP contribution in [0, 0.1) is 23.7 Å². The van der Waals surface area contributed by atoms with Gasteiger partial charge in [-0.25, -0.2) is 19.2 Å². The van der Waals surface area contributed by atoms with Gasteiger partial charge in [-0.1, -0.05) is 0 Å². The first-order valence-electron chi connectivity index (χ1n) is 34.8. The average Bonchev–Trinajstić information content (AvgIpc) is 0.840. The summed E-state index contributed by atoms with van der Waals surface area (Å²) in [5, 5.41) is 0. The van der Waals surface area contributed by atoms with Crippen LogP contribution < -0.4 is 75.8 Å². The molecular weight excluding hydrogens is 1390 g/mol. The zero-order valence-corrected chi connectivity index (χ0v) is 64.4. The van der Waals surface area contributed by atoms with Gasteiger partial charge in [-0.05, 0) is 183 Å². The Morgan fingerprint density at radius 3 is 0.546 bits per heavy atom. The van der Waals surface area contributed by atoms with Gasteiger partial charge in [0.2, 0.25) is 0 Å². The van der Waals surface area contributed by atoms with Crippen molar-refractivity contribution in [3.05, 3.63) is 190 Å². The largest absolute Gasteiger partial charge is 0.497 e. The third-order valence-corrected chi connectivity index (χ3v) is 18.1.